The number of alkyl halides is 3. The smallest absolute Gasteiger partial charge is 0.308 e. The molecule has 0 atom stereocenters. The predicted octanol–water partition coefficient (Wildman–Crippen LogP) is 5.02. The fourth-order valence-electron chi connectivity index (χ4n) is 3.18. The number of anilines is 2. The van der Waals surface area contributed by atoms with Gasteiger partial charge in [-0.3, -0.25) is 15.0 Å². The number of non-ortho nitro benzene ring substituents is 1. The molecule has 13 heteroatoms. The van der Waals surface area contributed by atoms with Crippen molar-refractivity contribution in [2.75, 3.05) is 23.3 Å². The molecule has 3 rings (SSSR count). The molecular formula is C23H21F3N4O5S. The molecule has 0 bridgehead atoms. The number of nitrogens with zero attached hydrogens (tertiary/aromatic N) is 2. The molecule has 0 aromatic heterocycles. The normalized spacial score (nSPS) is 11.6. The molecule has 0 spiro atoms. The summed E-state index contributed by atoms with van der Waals surface area (Å²) in [6, 6.07) is 15.9. The molecule has 0 aliphatic carbocycles. The Bertz CT molecular complexity index is 1320. The van der Waals surface area contributed by atoms with E-state index in [0.29, 0.717) is 0 Å². The molecule has 36 heavy (non-hydrogen) atoms. The number of urea groups is 1. The van der Waals surface area contributed by atoms with Crippen LogP contribution in [0.4, 0.5) is 35.0 Å². The van der Waals surface area contributed by atoms with Crippen LogP contribution in [0.15, 0.2) is 83.8 Å². The van der Waals surface area contributed by atoms with Gasteiger partial charge in [0.05, 0.1) is 15.4 Å². The number of amides is 2. The monoisotopic (exact) mass is 522 g/mol. The summed E-state index contributed by atoms with van der Waals surface area (Å²) in [7, 11) is -3.80. The number of nitro benzene ring substituents is 1. The minimum Gasteiger partial charge on any atom is -0.308 e. The van der Waals surface area contributed by atoms with Crippen LogP contribution in [0.5, 0.6) is 0 Å². The first kappa shape index (κ1) is 26.6. The molecule has 190 valence electrons. The predicted molar refractivity (Wildman–Crippen MR) is 127 cm³/mol. The van der Waals surface area contributed by atoms with Gasteiger partial charge in [-0.15, -0.1) is 0 Å². The lowest BCUT2D eigenvalue weighted by Gasteiger charge is -2.24. The maximum atomic E-state index is 13.2. The van der Waals surface area contributed by atoms with E-state index in [1.165, 1.54) is 42.5 Å². The van der Waals surface area contributed by atoms with E-state index in [1.54, 1.807) is 18.2 Å². The molecule has 0 radical (unpaired) electrons. The van der Waals surface area contributed by atoms with E-state index in [2.05, 4.69) is 10.0 Å². The Balaban J connectivity index is 1.76. The summed E-state index contributed by atoms with van der Waals surface area (Å²) >= 11 is 0. The molecule has 3 aromatic rings. The number of hydrogen-bond donors (Lipinski definition) is 2. The maximum Gasteiger partial charge on any atom is 0.416 e. The lowest BCUT2D eigenvalue weighted by Crippen LogP contribution is -2.37. The van der Waals surface area contributed by atoms with Crippen LogP contribution < -0.4 is 14.9 Å². The van der Waals surface area contributed by atoms with Crippen molar-refractivity contribution in [3.05, 3.63) is 94.5 Å². The number of rotatable bonds is 9. The van der Waals surface area contributed by atoms with Crippen LogP contribution in [0.3, 0.4) is 0 Å². The van der Waals surface area contributed by atoms with Crippen LogP contribution in [0.25, 0.3) is 0 Å². The second-order valence-electron chi connectivity index (χ2n) is 7.50. The van der Waals surface area contributed by atoms with E-state index in [-0.39, 0.29) is 41.5 Å². The first-order valence-electron chi connectivity index (χ1n) is 10.5. The summed E-state index contributed by atoms with van der Waals surface area (Å²) in [5.74, 6) is 0. The highest BCUT2D eigenvalue weighted by Crippen LogP contribution is 2.32. The van der Waals surface area contributed by atoms with Crippen LogP contribution in [0.1, 0.15) is 12.0 Å². The zero-order chi connectivity index (χ0) is 26.3. The van der Waals surface area contributed by atoms with Crippen molar-refractivity contribution in [1.29, 1.82) is 0 Å². The second kappa shape index (κ2) is 11.2. The fourth-order valence-corrected chi connectivity index (χ4v) is 4.28. The summed E-state index contributed by atoms with van der Waals surface area (Å²) in [5, 5.41) is 13.3. The van der Waals surface area contributed by atoms with Gasteiger partial charge in [0.25, 0.3) is 5.69 Å². The molecule has 0 fully saturated rings. The van der Waals surface area contributed by atoms with Crippen LogP contribution >= 0.6 is 0 Å². The van der Waals surface area contributed by atoms with E-state index in [9.17, 15) is 36.5 Å². The van der Waals surface area contributed by atoms with Crippen molar-refractivity contribution in [2.45, 2.75) is 17.5 Å². The average Bonchev–Trinajstić information content (AvgIpc) is 2.84. The quantitative estimate of drug-likeness (QED) is 0.232. The van der Waals surface area contributed by atoms with Crippen molar-refractivity contribution in [3.63, 3.8) is 0 Å². The molecule has 2 N–H and O–H groups in total. The van der Waals surface area contributed by atoms with Gasteiger partial charge in [-0.2, -0.15) is 13.2 Å². The fraction of sp³-hybridized carbons (Fsp3) is 0.174. The molecule has 0 aliphatic rings. The second-order valence-corrected chi connectivity index (χ2v) is 9.27. The number of halogens is 3. The number of carbonyl (C=O) groups is 1. The summed E-state index contributed by atoms with van der Waals surface area (Å²) in [5.41, 5.74) is -1.03. The van der Waals surface area contributed by atoms with E-state index in [4.69, 9.17) is 0 Å². The van der Waals surface area contributed by atoms with Gasteiger partial charge in [-0.25, -0.2) is 17.9 Å². The Labute approximate surface area is 204 Å². The van der Waals surface area contributed by atoms with Gasteiger partial charge >= 0.3 is 12.2 Å². The van der Waals surface area contributed by atoms with Crippen molar-refractivity contribution in [3.8, 4) is 0 Å². The minimum absolute atomic E-state index is 0.0515. The van der Waals surface area contributed by atoms with Gasteiger partial charge in [-0.05, 0) is 48.9 Å². The topological polar surface area (TPSA) is 122 Å². The van der Waals surface area contributed by atoms with Crippen LogP contribution in [-0.4, -0.2) is 32.5 Å². The molecular weight excluding hydrogens is 501 g/mol. The number of benzene rings is 3. The molecule has 0 unspecified atom stereocenters. The lowest BCUT2D eigenvalue weighted by atomic mass is 10.1. The van der Waals surface area contributed by atoms with Gasteiger partial charge in [0.2, 0.25) is 10.0 Å². The van der Waals surface area contributed by atoms with Crippen LogP contribution in [0.2, 0.25) is 0 Å². The van der Waals surface area contributed by atoms with E-state index in [1.807, 2.05) is 0 Å². The third-order valence-electron chi connectivity index (χ3n) is 4.96. The van der Waals surface area contributed by atoms with Crippen LogP contribution in [0, 0.1) is 10.1 Å². The van der Waals surface area contributed by atoms with Crippen molar-refractivity contribution in [2.24, 2.45) is 0 Å². The first-order chi connectivity index (χ1) is 17.0. The molecule has 0 saturated heterocycles. The van der Waals surface area contributed by atoms with Gasteiger partial charge in [-0.1, -0.05) is 24.3 Å². The Morgan fingerprint density at radius 1 is 0.972 bits per heavy atom. The highest BCUT2D eigenvalue weighted by molar-refractivity contribution is 7.89. The van der Waals surface area contributed by atoms with Crippen molar-refractivity contribution >= 4 is 33.1 Å². The Morgan fingerprint density at radius 2 is 1.64 bits per heavy atom. The summed E-state index contributed by atoms with van der Waals surface area (Å²) in [6.07, 6.45) is -4.56. The number of nitrogens with one attached hydrogen (secondary N) is 2. The van der Waals surface area contributed by atoms with Gasteiger partial charge < -0.3 is 5.32 Å². The summed E-state index contributed by atoms with van der Waals surface area (Å²) in [4.78, 5) is 24.3. The molecule has 0 saturated carbocycles. The van der Waals surface area contributed by atoms with E-state index in [0.717, 1.165) is 23.1 Å². The van der Waals surface area contributed by atoms with Crippen LogP contribution in [-0.2, 0) is 16.2 Å². The lowest BCUT2D eigenvalue weighted by molar-refractivity contribution is -0.384. The zero-order valence-electron chi connectivity index (χ0n) is 18.6. The number of nitro groups is 1. The van der Waals surface area contributed by atoms with E-state index >= 15 is 0 Å². The summed E-state index contributed by atoms with van der Waals surface area (Å²) in [6.45, 7) is -0.213. The minimum atomic E-state index is -4.64. The third kappa shape index (κ3) is 7.02. The van der Waals surface area contributed by atoms with Crippen molar-refractivity contribution in [1.82, 2.24) is 4.72 Å². The number of carbonyl (C=O) groups excluding carboxylic acids is 1. The summed E-state index contributed by atoms with van der Waals surface area (Å²) < 4.78 is 66.8. The maximum absolute atomic E-state index is 13.2. The highest BCUT2D eigenvalue weighted by atomic mass is 32.2. The largest absolute Gasteiger partial charge is 0.416 e. The standard InChI is InChI=1S/C23H21F3N4O5S/c24-23(25,26)17-6-4-7-20(16-17)29(22(31)28-18-10-12-19(13-11-18)30(32)33)15-5-14-27-36(34,35)21-8-2-1-3-9-21/h1-4,6-13,16,27H,5,14-15H2,(H,28,31). The molecule has 0 aliphatic heterocycles. The van der Waals surface area contributed by atoms with Gasteiger partial charge in [0.15, 0.2) is 0 Å². The average molecular weight is 523 g/mol. The SMILES string of the molecule is O=C(Nc1ccc([N+](=O)[O-])cc1)N(CCCNS(=O)(=O)c1ccccc1)c1cccc(C(F)(F)F)c1. The zero-order valence-corrected chi connectivity index (χ0v) is 19.4. The Kier molecular flexibility index (Phi) is 8.27. The van der Waals surface area contributed by atoms with Gasteiger partial charge in [0, 0.05) is 36.6 Å². The third-order valence-corrected chi connectivity index (χ3v) is 6.44. The molecule has 3 aromatic carbocycles. The molecule has 2 amide bonds. The molecule has 9 nitrogen and oxygen atoms in total. The van der Waals surface area contributed by atoms with Crippen molar-refractivity contribution < 1.29 is 31.3 Å². The Morgan fingerprint density at radius 3 is 2.25 bits per heavy atom. The van der Waals surface area contributed by atoms with Gasteiger partial charge in [0.1, 0.15) is 0 Å². The number of hydrogen-bond acceptors (Lipinski definition) is 5. The Hall–Kier alpha value is -3.97. The van der Waals surface area contributed by atoms with E-state index < -0.39 is 32.7 Å². The molecule has 0 heterocycles. The highest BCUT2D eigenvalue weighted by Gasteiger charge is 2.31. The first-order valence-corrected chi connectivity index (χ1v) is 12.0. The number of sulfonamides is 1.